The molecule has 0 bridgehead atoms. The zero-order chi connectivity index (χ0) is 17.3. The molecular weight excluding hydrogens is 338 g/mol. The Morgan fingerprint density at radius 1 is 1.04 bits per heavy atom. The maximum absolute atomic E-state index is 12.9. The molecule has 1 heterocycles. The number of nitrogens with two attached hydrogens (primary N) is 1. The Kier molecular flexibility index (Phi) is 5.69. The van der Waals surface area contributed by atoms with Gasteiger partial charge in [0.25, 0.3) is 11.8 Å². The second-order valence-electron chi connectivity index (χ2n) is 6.18. The molecule has 0 radical (unpaired) electrons. The second kappa shape index (κ2) is 7.57. The minimum Gasteiger partial charge on any atom is -0.398 e. The second-order valence-corrected chi connectivity index (χ2v) is 6.18. The van der Waals surface area contributed by atoms with Gasteiger partial charge in [-0.1, -0.05) is 6.07 Å². The topological polar surface area (TPSA) is 66.6 Å². The minimum absolute atomic E-state index is 0. The van der Waals surface area contributed by atoms with Crippen LogP contribution in [0.1, 0.15) is 32.7 Å². The molecule has 2 N–H and O–H groups in total. The highest BCUT2D eigenvalue weighted by atomic mass is 35.5. The van der Waals surface area contributed by atoms with Crippen LogP contribution < -0.4 is 10.6 Å². The van der Waals surface area contributed by atoms with Crippen LogP contribution in [0.5, 0.6) is 0 Å². The van der Waals surface area contributed by atoms with E-state index in [0.29, 0.717) is 17.7 Å². The third-order valence-electron chi connectivity index (χ3n) is 4.32. The van der Waals surface area contributed by atoms with Crippen molar-refractivity contribution in [3.8, 4) is 0 Å². The molecule has 0 saturated carbocycles. The summed E-state index contributed by atoms with van der Waals surface area (Å²) in [6.45, 7) is 0.674. The largest absolute Gasteiger partial charge is 0.398 e. The van der Waals surface area contributed by atoms with Gasteiger partial charge in [-0.15, -0.1) is 12.4 Å². The number of amides is 2. The van der Waals surface area contributed by atoms with E-state index >= 15 is 0 Å². The van der Waals surface area contributed by atoms with E-state index in [0.717, 1.165) is 29.8 Å². The normalized spacial score (nSPS) is 12.8. The van der Waals surface area contributed by atoms with Gasteiger partial charge in [-0.05, 0) is 54.8 Å². The van der Waals surface area contributed by atoms with Crippen molar-refractivity contribution in [3.63, 3.8) is 0 Å². The van der Waals surface area contributed by atoms with E-state index in [1.165, 1.54) is 4.90 Å². The Morgan fingerprint density at radius 2 is 1.68 bits per heavy atom. The molecule has 0 spiro atoms. The Hall–Kier alpha value is -2.53. The van der Waals surface area contributed by atoms with Crippen molar-refractivity contribution in [2.75, 3.05) is 31.3 Å². The lowest BCUT2D eigenvalue weighted by Gasteiger charge is -2.30. The zero-order valence-corrected chi connectivity index (χ0v) is 15.2. The van der Waals surface area contributed by atoms with Gasteiger partial charge in [0.15, 0.2) is 0 Å². The van der Waals surface area contributed by atoms with E-state index in [4.69, 9.17) is 5.73 Å². The molecule has 6 heteroatoms. The van der Waals surface area contributed by atoms with E-state index in [9.17, 15) is 9.59 Å². The van der Waals surface area contributed by atoms with E-state index in [2.05, 4.69) is 0 Å². The Balaban J connectivity index is 0.00000225. The van der Waals surface area contributed by atoms with Crippen LogP contribution in [-0.4, -0.2) is 37.4 Å². The monoisotopic (exact) mass is 359 g/mol. The Labute approximate surface area is 153 Å². The van der Waals surface area contributed by atoms with Crippen molar-refractivity contribution >= 4 is 35.6 Å². The smallest absolute Gasteiger partial charge is 0.258 e. The number of hydrogen-bond acceptors (Lipinski definition) is 3. The highest BCUT2D eigenvalue weighted by Crippen LogP contribution is 2.32. The van der Waals surface area contributed by atoms with Crippen LogP contribution in [0, 0.1) is 0 Å². The van der Waals surface area contributed by atoms with Crippen LogP contribution in [0.25, 0.3) is 0 Å². The van der Waals surface area contributed by atoms with E-state index in [1.807, 2.05) is 18.2 Å². The van der Waals surface area contributed by atoms with Gasteiger partial charge in [0.05, 0.1) is 0 Å². The van der Waals surface area contributed by atoms with Gasteiger partial charge in [-0.25, -0.2) is 0 Å². The maximum Gasteiger partial charge on any atom is 0.258 e. The molecule has 3 rings (SSSR count). The molecule has 0 saturated heterocycles. The van der Waals surface area contributed by atoms with E-state index in [1.54, 1.807) is 43.3 Å². The average molecular weight is 360 g/mol. The number of nitrogens with zero attached hydrogens (tertiary/aromatic N) is 2. The molecule has 1 aliphatic heterocycles. The first-order valence-corrected chi connectivity index (χ1v) is 8.00. The quantitative estimate of drug-likeness (QED) is 0.838. The van der Waals surface area contributed by atoms with Gasteiger partial charge in [0, 0.05) is 43.1 Å². The first-order chi connectivity index (χ1) is 11.5. The van der Waals surface area contributed by atoms with Gasteiger partial charge >= 0.3 is 0 Å². The highest BCUT2D eigenvalue weighted by Gasteiger charge is 2.24. The minimum atomic E-state index is -0.0786. The summed E-state index contributed by atoms with van der Waals surface area (Å²) in [7, 11) is 3.41. The molecule has 2 amide bonds. The molecule has 5 nitrogen and oxygen atoms in total. The number of fused-ring (bicyclic) bond motifs is 1. The fourth-order valence-corrected chi connectivity index (χ4v) is 3.03. The lowest BCUT2D eigenvalue weighted by molar-refractivity contribution is 0.0827. The molecule has 25 heavy (non-hydrogen) atoms. The predicted octanol–water partition coefficient (Wildman–Crippen LogP) is 2.99. The summed E-state index contributed by atoms with van der Waals surface area (Å²) in [5.41, 5.74) is 9.84. The van der Waals surface area contributed by atoms with Crippen LogP contribution in [0.3, 0.4) is 0 Å². The maximum atomic E-state index is 12.9. The third-order valence-corrected chi connectivity index (χ3v) is 4.32. The van der Waals surface area contributed by atoms with Crippen molar-refractivity contribution in [1.82, 2.24) is 4.90 Å². The Bertz CT molecular complexity index is 788. The summed E-state index contributed by atoms with van der Waals surface area (Å²) in [6.07, 6.45) is 1.78. The van der Waals surface area contributed by atoms with E-state index in [-0.39, 0.29) is 24.2 Å². The predicted molar refractivity (Wildman–Crippen MR) is 103 cm³/mol. The van der Waals surface area contributed by atoms with Gasteiger partial charge in [-0.2, -0.15) is 0 Å². The van der Waals surface area contributed by atoms with Gasteiger partial charge < -0.3 is 15.5 Å². The van der Waals surface area contributed by atoms with Crippen molar-refractivity contribution in [1.29, 1.82) is 0 Å². The SMILES string of the molecule is CN(C)C(=O)c1ccc(C(=O)N2CCCc3c(N)cccc32)cc1.Cl. The van der Waals surface area contributed by atoms with Crippen molar-refractivity contribution in [2.45, 2.75) is 12.8 Å². The Morgan fingerprint density at radius 3 is 2.32 bits per heavy atom. The molecule has 0 aliphatic carbocycles. The van der Waals surface area contributed by atoms with Crippen molar-refractivity contribution < 1.29 is 9.59 Å². The van der Waals surface area contributed by atoms with Crippen LogP contribution in [0.15, 0.2) is 42.5 Å². The number of hydrogen-bond donors (Lipinski definition) is 1. The fraction of sp³-hybridized carbons (Fsp3) is 0.263. The first kappa shape index (κ1) is 18.8. The van der Waals surface area contributed by atoms with Crippen LogP contribution in [0.4, 0.5) is 11.4 Å². The number of nitrogen functional groups attached to an aromatic ring is 1. The summed E-state index contributed by atoms with van der Waals surface area (Å²) in [6, 6.07) is 12.5. The van der Waals surface area contributed by atoms with E-state index < -0.39 is 0 Å². The standard InChI is InChI=1S/C19H21N3O2.ClH/c1-21(2)18(23)13-8-10-14(11-9-13)19(24)22-12-4-5-15-16(20)6-3-7-17(15)22;/h3,6-11H,4-5,12,20H2,1-2H3;1H. The number of carbonyl (C=O) groups excluding carboxylic acids is 2. The van der Waals surface area contributed by atoms with Gasteiger partial charge in [-0.3, -0.25) is 9.59 Å². The highest BCUT2D eigenvalue weighted by molar-refractivity contribution is 6.07. The summed E-state index contributed by atoms with van der Waals surface area (Å²) in [5, 5.41) is 0. The molecule has 2 aromatic carbocycles. The fourth-order valence-electron chi connectivity index (χ4n) is 3.03. The molecule has 0 unspecified atom stereocenters. The lowest BCUT2D eigenvalue weighted by atomic mass is 9.99. The molecule has 0 fully saturated rings. The number of benzene rings is 2. The summed E-state index contributed by atoms with van der Waals surface area (Å²) < 4.78 is 0. The molecule has 132 valence electrons. The molecular formula is C19H22ClN3O2. The first-order valence-electron chi connectivity index (χ1n) is 8.00. The van der Waals surface area contributed by atoms with Crippen LogP contribution in [-0.2, 0) is 6.42 Å². The van der Waals surface area contributed by atoms with Crippen LogP contribution in [0.2, 0.25) is 0 Å². The van der Waals surface area contributed by atoms with Crippen molar-refractivity contribution in [3.05, 3.63) is 59.2 Å². The number of halogens is 1. The molecule has 0 atom stereocenters. The average Bonchev–Trinajstić information content (AvgIpc) is 2.60. The molecule has 0 aromatic heterocycles. The summed E-state index contributed by atoms with van der Waals surface area (Å²) in [4.78, 5) is 28.1. The van der Waals surface area contributed by atoms with Crippen LogP contribution >= 0.6 is 12.4 Å². The number of carbonyl (C=O) groups is 2. The number of anilines is 2. The lowest BCUT2D eigenvalue weighted by Crippen LogP contribution is -2.35. The van der Waals surface area contributed by atoms with Gasteiger partial charge in [0.2, 0.25) is 0 Å². The molecule has 1 aliphatic rings. The zero-order valence-electron chi connectivity index (χ0n) is 14.4. The van der Waals surface area contributed by atoms with Crippen molar-refractivity contribution in [2.24, 2.45) is 0 Å². The van der Waals surface area contributed by atoms with Gasteiger partial charge in [0.1, 0.15) is 0 Å². The number of rotatable bonds is 2. The third kappa shape index (κ3) is 3.61. The molecule has 2 aromatic rings. The summed E-state index contributed by atoms with van der Waals surface area (Å²) >= 11 is 0. The summed E-state index contributed by atoms with van der Waals surface area (Å²) in [5.74, 6) is -0.143.